The van der Waals surface area contributed by atoms with E-state index in [1.807, 2.05) is 60.7 Å². The fourth-order valence-corrected chi connectivity index (χ4v) is 4.11. The van der Waals surface area contributed by atoms with Gasteiger partial charge in [-0.05, 0) is 52.0 Å². The van der Waals surface area contributed by atoms with Crippen LogP contribution in [0.3, 0.4) is 0 Å². The predicted octanol–water partition coefficient (Wildman–Crippen LogP) is 7.61. The first-order chi connectivity index (χ1) is 19.2. The average Bonchev–Trinajstić information content (AvgIpc) is 2.95. The van der Waals surface area contributed by atoms with Gasteiger partial charge in [-0.3, -0.25) is 8.78 Å². The van der Waals surface area contributed by atoms with Gasteiger partial charge in [0.05, 0.1) is 0 Å². The summed E-state index contributed by atoms with van der Waals surface area (Å²) in [6.45, 7) is 4.77. The van der Waals surface area contributed by atoms with Crippen molar-refractivity contribution < 1.29 is 39.1 Å². The van der Waals surface area contributed by atoms with E-state index in [4.69, 9.17) is 10.2 Å². The van der Waals surface area contributed by atoms with Gasteiger partial charge in [-0.1, -0.05) is 73.5 Å². The molecule has 2 N–H and O–H groups in total. The zero-order valence-electron chi connectivity index (χ0n) is 22.7. The van der Waals surface area contributed by atoms with Gasteiger partial charge in [0.2, 0.25) is 0 Å². The van der Waals surface area contributed by atoms with Crippen LogP contribution < -0.4 is 0 Å². The van der Waals surface area contributed by atoms with Crippen molar-refractivity contribution in [3.05, 3.63) is 132 Å². The molecule has 4 aromatic carbocycles. The Kier molecular flexibility index (Phi) is 11.3. The fraction of sp³-hybridized carbons (Fsp3) is 0.118. The number of hydrogen-bond donors (Lipinski definition) is 2. The molecule has 0 amide bonds. The Bertz CT molecular complexity index is 1620. The number of benzene rings is 4. The van der Waals surface area contributed by atoms with E-state index in [0.29, 0.717) is 11.1 Å². The van der Waals surface area contributed by atoms with Gasteiger partial charge in [-0.2, -0.15) is 0 Å². The molecule has 0 saturated heterocycles. The van der Waals surface area contributed by atoms with Gasteiger partial charge >= 0.3 is 0 Å². The number of aliphatic hydroxyl groups excluding tert-OH is 1. The molecule has 4 nitrogen and oxygen atoms in total. The molecule has 0 aliphatic heterocycles. The number of rotatable bonds is 2. The number of aliphatic hydroxyl groups is 2. The van der Waals surface area contributed by atoms with E-state index >= 15 is 0 Å². The molecule has 6 rings (SSSR count). The second-order valence-corrected chi connectivity index (χ2v) is 9.15. The molecule has 0 fully saturated rings. The standard InChI is InChI=1S/2C16H11FN.C2H6O2.Ir/c2*1-11-10-13(6-7-15(11)17)16-14-5-3-2-4-12(14)8-9-18-16;1-2(3)4;/h2*2-5,7-10H,1H3;2-4H,1H3;/q2*-1;;. The summed E-state index contributed by atoms with van der Waals surface area (Å²) in [5.74, 6) is -0.474. The Morgan fingerprint density at radius 3 is 1.39 bits per heavy atom. The van der Waals surface area contributed by atoms with Gasteiger partial charge in [0.25, 0.3) is 0 Å². The molecule has 6 aromatic rings. The minimum atomic E-state index is -1.17. The Balaban J connectivity index is 0.000000196. The van der Waals surface area contributed by atoms with Crippen molar-refractivity contribution in [3.63, 3.8) is 0 Å². The van der Waals surface area contributed by atoms with E-state index in [0.717, 1.165) is 44.1 Å². The van der Waals surface area contributed by atoms with Crippen LogP contribution in [0.15, 0.2) is 97.3 Å². The normalized spacial score (nSPS) is 10.3. The number of hydrogen-bond acceptors (Lipinski definition) is 4. The average molecular weight is 727 g/mol. The first-order valence-electron chi connectivity index (χ1n) is 12.6. The summed E-state index contributed by atoms with van der Waals surface area (Å²) in [7, 11) is 0. The first-order valence-corrected chi connectivity index (χ1v) is 12.6. The Labute approximate surface area is 251 Å². The van der Waals surface area contributed by atoms with Crippen LogP contribution >= 0.6 is 0 Å². The number of halogens is 2. The molecule has 2 aromatic heterocycles. The minimum absolute atomic E-state index is 0. The summed E-state index contributed by atoms with van der Waals surface area (Å²) in [6, 6.07) is 32.2. The van der Waals surface area contributed by atoms with Gasteiger partial charge in [-0.15, -0.1) is 47.5 Å². The Hall–Kier alpha value is -3.87. The number of aryl methyl sites for hydroxylation is 2. The van der Waals surface area contributed by atoms with Gasteiger partial charge in [0.15, 0.2) is 0 Å². The van der Waals surface area contributed by atoms with Crippen LogP contribution in [-0.4, -0.2) is 26.5 Å². The summed E-state index contributed by atoms with van der Waals surface area (Å²) >= 11 is 0. The number of nitrogens with zero attached hydrogens (tertiary/aromatic N) is 2. The van der Waals surface area contributed by atoms with Crippen LogP contribution in [-0.2, 0) is 20.1 Å². The van der Waals surface area contributed by atoms with Crippen molar-refractivity contribution in [2.75, 3.05) is 0 Å². The van der Waals surface area contributed by atoms with E-state index in [2.05, 4.69) is 22.1 Å². The topological polar surface area (TPSA) is 66.2 Å². The molecular weight excluding hydrogens is 699 g/mol. The molecule has 0 aliphatic rings. The molecule has 7 heteroatoms. The second kappa shape index (κ2) is 14.7. The van der Waals surface area contributed by atoms with Crippen LogP contribution in [0.1, 0.15) is 18.1 Å². The van der Waals surface area contributed by atoms with Gasteiger partial charge in [-0.25, -0.2) is 0 Å². The third-order valence-corrected chi connectivity index (χ3v) is 6.04. The molecule has 0 atom stereocenters. The van der Waals surface area contributed by atoms with E-state index in [1.165, 1.54) is 19.1 Å². The molecule has 1 radical (unpaired) electrons. The Morgan fingerprint density at radius 1 is 0.659 bits per heavy atom. The zero-order chi connectivity index (χ0) is 28.6. The summed E-state index contributed by atoms with van der Waals surface area (Å²) in [6.07, 6.45) is 2.37. The summed E-state index contributed by atoms with van der Waals surface area (Å²) in [5, 5.41) is 19.6. The maximum absolute atomic E-state index is 13.3. The Morgan fingerprint density at radius 2 is 1.02 bits per heavy atom. The first kappa shape index (κ1) is 31.7. The number of fused-ring (bicyclic) bond motifs is 2. The molecule has 0 saturated carbocycles. The number of pyridine rings is 2. The summed E-state index contributed by atoms with van der Waals surface area (Å²) in [5.41, 5.74) is 4.56. The summed E-state index contributed by atoms with van der Waals surface area (Å²) in [4.78, 5) is 8.79. The smallest absolute Gasteiger partial charge is 0.148 e. The van der Waals surface area contributed by atoms with Crippen molar-refractivity contribution in [1.29, 1.82) is 0 Å². The second-order valence-electron chi connectivity index (χ2n) is 9.15. The fourth-order valence-electron chi connectivity index (χ4n) is 4.11. The van der Waals surface area contributed by atoms with Crippen LogP contribution in [0, 0.1) is 37.6 Å². The summed E-state index contributed by atoms with van der Waals surface area (Å²) < 4.78 is 26.6. The van der Waals surface area contributed by atoms with Crippen molar-refractivity contribution in [2.45, 2.75) is 27.1 Å². The SMILES string of the molecule is CC(O)O.Cc1cc(-c2nccc3ccccc23)[c-]cc1F.Cc1cc(-c2nccc3ccccc23)[c-]cc1F.[Ir]. The van der Waals surface area contributed by atoms with Crippen LogP contribution in [0.5, 0.6) is 0 Å². The van der Waals surface area contributed by atoms with Crippen molar-refractivity contribution >= 4 is 21.5 Å². The van der Waals surface area contributed by atoms with Crippen LogP contribution in [0.2, 0.25) is 0 Å². The maximum atomic E-state index is 13.3. The van der Waals surface area contributed by atoms with Gasteiger partial charge in [0.1, 0.15) is 6.29 Å². The van der Waals surface area contributed by atoms with Gasteiger partial charge in [0, 0.05) is 44.1 Å². The quantitative estimate of drug-likeness (QED) is 0.143. The van der Waals surface area contributed by atoms with E-state index in [9.17, 15) is 8.78 Å². The third-order valence-electron chi connectivity index (χ3n) is 6.04. The van der Waals surface area contributed by atoms with Crippen LogP contribution in [0.4, 0.5) is 8.78 Å². The molecule has 41 heavy (non-hydrogen) atoms. The third kappa shape index (κ3) is 8.09. The molecular formula is C34H28F2IrN2O2-2. The molecule has 0 spiro atoms. The van der Waals surface area contributed by atoms with E-state index < -0.39 is 6.29 Å². The maximum Gasteiger partial charge on any atom is 0.148 e. The zero-order valence-corrected chi connectivity index (χ0v) is 25.1. The largest absolute Gasteiger partial charge is 0.368 e. The number of aromatic nitrogens is 2. The molecule has 0 aliphatic carbocycles. The minimum Gasteiger partial charge on any atom is -0.368 e. The molecule has 0 bridgehead atoms. The van der Waals surface area contributed by atoms with Crippen LogP contribution in [0.25, 0.3) is 44.1 Å². The molecule has 0 unspecified atom stereocenters. The van der Waals surface area contributed by atoms with Crippen molar-refractivity contribution in [2.24, 2.45) is 0 Å². The van der Waals surface area contributed by atoms with Crippen molar-refractivity contribution in [1.82, 2.24) is 9.97 Å². The van der Waals surface area contributed by atoms with E-state index in [1.54, 1.807) is 38.4 Å². The van der Waals surface area contributed by atoms with Crippen molar-refractivity contribution in [3.8, 4) is 22.5 Å². The predicted molar refractivity (Wildman–Crippen MR) is 155 cm³/mol. The monoisotopic (exact) mass is 727 g/mol. The van der Waals surface area contributed by atoms with Gasteiger partial charge < -0.3 is 20.2 Å². The molecule has 211 valence electrons. The molecule has 2 heterocycles. The van der Waals surface area contributed by atoms with E-state index in [-0.39, 0.29) is 31.7 Å².